The van der Waals surface area contributed by atoms with E-state index in [9.17, 15) is 19.7 Å². The van der Waals surface area contributed by atoms with Gasteiger partial charge in [0.25, 0.3) is 11.6 Å². The zero-order valence-electron chi connectivity index (χ0n) is 12.7. The number of halogens is 1. The smallest absolute Gasteiger partial charge is 0.374 e. The van der Waals surface area contributed by atoms with Crippen molar-refractivity contribution < 1.29 is 23.7 Å². The molecule has 0 aliphatic rings. The van der Waals surface area contributed by atoms with Gasteiger partial charge in [0.15, 0.2) is 6.61 Å². The van der Waals surface area contributed by atoms with E-state index in [-0.39, 0.29) is 28.8 Å². The summed E-state index contributed by atoms with van der Waals surface area (Å²) in [4.78, 5) is 33.3. The Bertz CT molecular complexity index is 868. The van der Waals surface area contributed by atoms with Crippen LogP contribution in [-0.4, -0.2) is 30.0 Å². The van der Waals surface area contributed by atoms with E-state index in [2.05, 4.69) is 11.2 Å². The van der Waals surface area contributed by atoms with Gasteiger partial charge >= 0.3 is 5.97 Å². The number of nitrogens with zero attached hydrogens (tertiary/aromatic N) is 1. The summed E-state index contributed by atoms with van der Waals surface area (Å²) in [6, 6.07) is 6.64. The van der Waals surface area contributed by atoms with Crippen LogP contribution in [0.3, 0.4) is 0 Å². The van der Waals surface area contributed by atoms with E-state index in [4.69, 9.17) is 27.2 Å². The minimum absolute atomic E-state index is 0.0277. The van der Waals surface area contributed by atoms with E-state index < -0.39 is 23.4 Å². The highest BCUT2D eigenvalue weighted by molar-refractivity contribution is 6.33. The minimum Gasteiger partial charge on any atom is -0.450 e. The van der Waals surface area contributed by atoms with Crippen molar-refractivity contribution >= 4 is 29.2 Å². The third kappa shape index (κ3) is 4.59. The molecule has 2 rings (SSSR count). The molecule has 1 aromatic carbocycles. The first-order chi connectivity index (χ1) is 11.9. The molecule has 0 spiro atoms. The van der Waals surface area contributed by atoms with Crippen LogP contribution >= 0.6 is 11.6 Å². The third-order valence-electron chi connectivity index (χ3n) is 2.96. The molecule has 0 saturated carbocycles. The molecule has 8 nitrogen and oxygen atoms in total. The number of terminal acetylenes is 1. The lowest BCUT2D eigenvalue weighted by atomic mass is 10.1. The monoisotopic (exact) mass is 362 g/mol. The van der Waals surface area contributed by atoms with E-state index in [0.29, 0.717) is 5.56 Å². The van der Waals surface area contributed by atoms with Crippen LogP contribution in [0.25, 0.3) is 11.3 Å². The summed E-state index contributed by atoms with van der Waals surface area (Å²) in [6.07, 6.45) is 4.98. The Balaban J connectivity index is 2.07. The SMILES string of the molecule is C#CCNC(=O)COC(=O)c1ccc(-c2ccc([N+](=O)[O-])cc2Cl)o1. The van der Waals surface area contributed by atoms with Crippen LogP contribution in [0.4, 0.5) is 5.69 Å². The van der Waals surface area contributed by atoms with Gasteiger partial charge in [0.1, 0.15) is 5.76 Å². The molecule has 0 unspecified atom stereocenters. The summed E-state index contributed by atoms with van der Waals surface area (Å²) in [5.41, 5.74) is 0.205. The number of nitro benzene ring substituents is 1. The van der Waals surface area contributed by atoms with Crippen LogP contribution in [0.1, 0.15) is 10.6 Å². The van der Waals surface area contributed by atoms with Gasteiger partial charge in [-0.05, 0) is 18.2 Å². The second-order valence-corrected chi connectivity index (χ2v) is 5.05. The van der Waals surface area contributed by atoms with Crippen molar-refractivity contribution in [3.05, 3.63) is 51.2 Å². The Morgan fingerprint density at radius 2 is 2.12 bits per heavy atom. The quantitative estimate of drug-likeness (QED) is 0.365. The number of hydrogen-bond acceptors (Lipinski definition) is 6. The maximum atomic E-state index is 11.8. The number of amides is 1. The molecule has 0 radical (unpaired) electrons. The number of nitrogens with one attached hydrogen (secondary N) is 1. The van der Waals surface area contributed by atoms with Crippen molar-refractivity contribution in [1.29, 1.82) is 0 Å². The largest absolute Gasteiger partial charge is 0.450 e. The van der Waals surface area contributed by atoms with Gasteiger partial charge in [-0.3, -0.25) is 14.9 Å². The fraction of sp³-hybridized carbons (Fsp3) is 0.125. The second kappa shape index (κ2) is 7.99. The first-order valence-electron chi connectivity index (χ1n) is 6.84. The molecule has 9 heteroatoms. The molecule has 1 amide bonds. The van der Waals surface area contributed by atoms with Crippen molar-refractivity contribution in [2.24, 2.45) is 0 Å². The summed E-state index contributed by atoms with van der Waals surface area (Å²) in [5.74, 6) is 0.899. The first kappa shape index (κ1) is 18.0. The first-order valence-corrected chi connectivity index (χ1v) is 7.21. The molecule has 25 heavy (non-hydrogen) atoms. The number of hydrogen-bond donors (Lipinski definition) is 1. The lowest BCUT2D eigenvalue weighted by Gasteiger charge is -2.03. The second-order valence-electron chi connectivity index (χ2n) is 4.64. The molecule has 0 bridgehead atoms. The van der Waals surface area contributed by atoms with Gasteiger partial charge in [0.05, 0.1) is 16.5 Å². The average Bonchev–Trinajstić information content (AvgIpc) is 3.07. The summed E-state index contributed by atoms with van der Waals surface area (Å²) in [7, 11) is 0. The van der Waals surface area contributed by atoms with Gasteiger partial charge in [-0.1, -0.05) is 17.5 Å². The topological polar surface area (TPSA) is 112 Å². The standard InChI is InChI=1S/C16H11ClN2O6/c1-2-7-18-15(20)9-24-16(21)14-6-5-13(25-14)11-4-3-10(19(22)23)8-12(11)17/h1,3-6,8H,7,9H2,(H,18,20). The Hall–Kier alpha value is -3.31. The van der Waals surface area contributed by atoms with E-state index in [1.54, 1.807) is 0 Å². The van der Waals surface area contributed by atoms with Crippen LogP contribution in [0.15, 0.2) is 34.7 Å². The highest BCUT2D eigenvalue weighted by atomic mass is 35.5. The van der Waals surface area contributed by atoms with Gasteiger partial charge in [-0.25, -0.2) is 4.79 Å². The van der Waals surface area contributed by atoms with Crippen molar-refractivity contribution in [3.8, 4) is 23.7 Å². The molecule has 1 heterocycles. The van der Waals surface area contributed by atoms with Crippen molar-refractivity contribution in [1.82, 2.24) is 5.32 Å². The van der Waals surface area contributed by atoms with Gasteiger partial charge in [0, 0.05) is 17.7 Å². The number of carbonyl (C=O) groups is 2. The Kier molecular flexibility index (Phi) is 5.76. The molecule has 0 fully saturated rings. The molecule has 1 aromatic heterocycles. The Morgan fingerprint density at radius 1 is 1.36 bits per heavy atom. The predicted molar refractivity (Wildman–Crippen MR) is 87.9 cm³/mol. The van der Waals surface area contributed by atoms with E-state index in [0.717, 1.165) is 0 Å². The normalized spacial score (nSPS) is 9.92. The van der Waals surface area contributed by atoms with Gasteiger partial charge in [0.2, 0.25) is 5.76 Å². The molecule has 0 aliphatic carbocycles. The number of non-ortho nitro benzene ring substituents is 1. The van der Waals surface area contributed by atoms with Crippen molar-refractivity contribution in [2.75, 3.05) is 13.2 Å². The molecule has 0 aliphatic heterocycles. The third-order valence-corrected chi connectivity index (χ3v) is 3.27. The number of ether oxygens (including phenoxy) is 1. The van der Waals surface area contributed by atoms with E-state index in [1.165, 1.54) is 30.3 Å². The number of nitro groups is 1. The zero-order chi connectivity index (χ0) is 18.4. The van der Waals surface area contributed by atoms with Crippen molar-refractivity contribution in [3.63, 3.8) is 0 Å². The highest BCUT2D eigenvalue weighted by Crippen LogP contribution is 2.32. The van der Waals surface area contributed by atoms with Crippen LogP contribution in [0, 0.1) is 22.5 Å². The minimum atomic E-state index is -0.847. The number of benzene rings is 1. The van der Waals surface area contributed by atoms with Crippen LogP contribution in [0.5, 0.6) is 0 Å². The van der Waals surface area contributed by atoms with Gasteiger partial charge < -0.3 is 14.5 Å². The lowest BCUT2D eigenvalue weighted by molar-refractivity contribution is -0.384. The van der Waals surface area contributed by atoms with E-state index >= 15 is 0 Å². The van der Waals surface area contributed by atoms with Crippen LogP contribution < -0.4 is 5.32 Å². The highest BCUT2D eigenvalue weighted by Gasteiger charge is 2.18. The van der Waals surface area contributed by atoms with E-state index in [1.807, 2.05) is 0 Å². The molecular weight excluding hydrogens is 352 g/mol. The zero-order valence-corrected chi connectivity index (χ0v) is 13.4. The fourth-order valence-electron chi connectivity index (χ4n) is 1.81. The average molecular weight is 363 g/mol. The lowest BCUT2D eigenvalue weighted by Crippen LogP contribution is -2.28. The molecule has 0 saturated heterocycles. The van der Waals surface area contributed by atoms with Crippen LogP contribution in [-0.2, 0) is 9.53 Å². The number of furan rings is 1. The summed E-state index contributed by atoms with van der Waals surface area (Å²) >= 11 is 6.00. The Morgan fingerprint density at radius 3 is 2.76 bits per heavy atom. The summed E-state index contributed by atoms with van der Waals surface area (Å²) in [6.45, 7) is -0.477. The maximum absolute atomic E-state index is 11.8. The van der Waals surface area contributed by atoms with Gasteiger partial charge in [-0.15, -0.1) is 6.42 Å². The molecule has 2 aromatic rings. The number of esters is 1. The number of rotatable bonds is 6. The van der Waals surface area contributed by atoms with Crippen molar-refractivity contribution in [2.45, 2.75) is 0 Å². The molecule has 0 atom stereocenters. The molecular formula is C16H11ClN2O6. The predicted octanol–water partition coefficient (Wildman–Crippen LogP) is 2.41. The van der Waals surface area contributed by atoms with Crippen LogP contribution in [0.2, 0.25) is 5.02 Å². The number of carbonyl (C=O) groups excluding carboxylic acids is 2. The van der Waals surface area contributed by atoms with Gasteiger partial charge in [-0.2, -0.15) is 0 Å². The molecule has 1 N–H and O–H groups in total. The Labute approximate surface area is 146 Å². The fourth-order valence-corrected chi connectivity index (χ4v) is 2.08. The summed E-state index contributed by atoms with van der Waals surface area (Å²) < 4.78 is 10.1. The molecule has 128 valence electrons. The summed E-state index contributed by atoms with van der Waals surface area (Å²) in [5, 5.41) is 13.1. The maximum Gasteiger partial charge on any atom is 0.374 e.